The third kappa shape index (κ3) is 5.01. The highest BCUT2D eigenvalue weighted by molar-refractivity contribution is 7.92. The number of anilines is 1. The van der Waals surface area contributed by atoms with Crippen molar-refractivity contribution in [2.75, 3.05) is 17.1 Å². The average Bonchev–Trinajstić information content (AvgIpc) is 2.54. The minimum atomic E-state index is -3.88. The van der Waals surface area contributed by atoms with E-state index in [1.165, 1.54) is 30.5 Å². The summed E-state index contributed by atoms with van der Waals surface area (Å²) in [7, 11) is -3.88. The summed E-state index contributed by atoms with van der Waals surface area (Å²) >= 11 is 0. The second kappa shape index (κ2) is 7.75. The first-order chi connectivity index (χ1) is 11.8. The van der Waals surface area contributed by atoms with Crippen LogP contribution in [0.5, 0.6) is 5.75 Å². The fourth-order valence-electron chi connectivity index (χ4n) is 1.97. The molecule has 132 valence electrons. The number of rotatable bonds is 6. The molecule has 1 amide bonds. The molecule has 0 heterocycles. The third-order valence-corrected chi connectivity index (χ3v) is 4.26. The lowest BCUT2D eigenvalue weighted by Gasteiger charge is -2.21. The van der Waals surface area contributed by atoms with Crippen molar-refractivity contribution in [3.8, 4) is 5.75 Å². The molecule has 0 bridgehead atoms. The first-order valence-corrected chi connectivity index (χ1v) is 8.96. The van der Waals surface area contributed by atoms with Gasteiger partial charge in [-0.1, -0.05) is 24.3 Å². The van der Waals surface area contributed by atoms with Crippen LogP contribution in [0.4, 0.5) is 10.1 Å². The number of halogens is 1. The molecule has 0 fully saturated rings. The van der Waals surface area contributed by atoms with E-state index >= 15 is 0 Å². The van der Waals surface area contributed by atoms with Gasteiger partial charge in [-0.25, -0.2) is 18.2 Å². The van der Waals surface area contributed by atoms with Gasteiger partial charge in [0.1, 0.15) is 18.1 Å². The first-order valence-electron chi connectivity index (χ1n) is 7.11. The van der Waals surface area contributed by atoms with Gasteiger partial charge >= 0.3 is 0 Å². The molecule has 0 aromatic heterocycles. The maximum absolute atomic E-state index is 13.8. The largest absolute Gasteiger partial charge is 0.507 e. The van der Waals surface area contributed by atoms with Gasteiger partial charge in [0.05, 0.1) is 18.2 Å². The van der Waals surface area contributed by atoms with Gasteiger partial charge in [-0.15, -0.1) is 0 Å². The highest BCUT2D eigenvalue weighted by Gasteiger charge is 2.23. The molecule has 25 heavy (non-hydrogen) atoms. The second-order valence-electron chi connectivity index (χ2n) is 5.07. The number of amides is 1. The fourth-order valence-corrected chi connectivity index (χ4v) is 2.83. The molecule has 2 aromatic carbocycles. The Labute approximate surface area is 144 Å². The summed E-state index contributed by atoms with van der Waals surface area (Å²) in [5.41, 5.74) is 2.28. The molecule has 2 rings (SSSR count). The summed E-state index contributed by atoms with van der Waals surface area (Å²) in [5.74, 6) is -1.55. The SMILES string of the molecule is CS(=O)(=O)N(CC(=O)N/N=C\c1ccccc1O)c1ccccc1F. The zero-order valence-electron chi connectivity index (χ0n) is 13.3. The topological polar surface area (TPSA) is 99.1 Å². The molecule has 0 spiro atoms. The van der Waals surface area contributed by atoms with Crippen LogP contribution < -0.4 is 9.73 Å². The Balaban J connectivity index is 2.11. The van der Waals surface area contributed by atoms with E-state index in [0.717, 1.165) is 12.3 Å². The Kier molecular flexibility index (Phi) is 5.71. The van der Waals surface area contributed by atoms with Crippen LogP contribution in [-0.2, 0) is 14.8 Å². The summed E-state index contributed by atoms with van der Waals surface area (Å²) in [6.07, 6.45) is 2.08. The summed E-state index contributed by atoms with van der Waals surface area (Å²) < 4.78 is 38.2. The van der Waals surface area contributed by atoms with Crippen LogP contribution in [0, 0.1) is 5.82 Å². The molecule has 0 saturated heterocycles. The molecule has 0 aliphatic heterocycles. The minimum Gasteiger partial charge on any atom is -0.507 e. The number of carbonyl (C=O) groups excluding carboxylic acids is 1. The zero-order valence-corrected chi connectivity index (χ0v) is 14.1. The molecule has 7 nitrogen and oxygen atoms in total. The Morgan fingerprint density at radius 3 is 2.52 bits per heavy atom. The van der Waals surface area contributed by atoms with Crippen LogP contribution in [0.2, 0.25) is 0 Å². The molecular formula is C16H16FN3O4S. The van der Waals surface area contributed by atoms with Gasteiger partial charge < -0.3 is 5.11 Å². The Hall–Kier alpha value is -2.94. The number of hydrogen-bond donors (Lipinski definition) is 2. The number of carbonyl (C=O) groups is 1. The van der Waals surface area contributed by atoms with Crippen LogP contribution in [0.3, 0.4) is 0 Å². The number of nitrogens with one attached hydrogen (secondary N) is 1. The predicted molar refractivity (Wildman–Crippen MR) is 92.4 cm³/mol. The number of hydrogen-bond acceptors (Lipinski definition) is 5. The number of phenols is 1. The van der Waals surface area contributed by atoms with E-state index in [2.05, 4.69) is 10.5 Å². The Morgan fingerprint density at radius 1 is 1.24 bits per heavy atom. The number of sulfonamides is 1. The van der Waals surface area contributed by atoms with Crippen molar-refractivity contribution in [3.05, 3.63) is 59.9 Å². The molecular weight excluding hydrogens is 349 g/mol. The van der Waals surface area contributed by atoms with E-state index in [-0.39, 0.29) is 11.4 Å². The van der Waals surface area contributed by atoms with Crippen molar-refractivity contribution >= 4 is 27.8 Å². The Bertz CT molecular complexity index is 900. The fraction of sp³-hybridized carbons (Fsp3) is 0.125. The normalized spacial score (nSPS) is 11.4. The van der Waals surface area contributed by atoms with Gasteiger partial charge in [0.25, 0.3) is 5.91 Å². The summed E-state index contributed by atoms with van der Waals surface area (Å²) in [6.45, 7) is -0.641. The maximum atomic E-state index is 13.8. The van der Waals surface area contributed by atoms with Crippen molar-refractivity contribution in [2.45, 2.75) is 0 Å². The third-order valence-electron chi connectivity index (χ3n) is 3.14. The van der Waals surface area contributed by atoms with Crippen molar-refractivity contribution in [3.63, 3.8) is 0 Å². The van der Waals surface area contributed by atoms with E-state index in [1.807, 2.05) is 0 Å². The lowest BCUT2D eigenvalue weighted by Crippen LogP contribution is -2.39. The number of para-hydroxylation sites is 2. The lowest BCUT2D eigenvalue weighted by molar-refractivity contribution is -0.119. The van der Waals surface area contributed by atoms with Gasteiger partial charge in [0.15, 0.2) is 0 Å². The highest BCUT2D eigenvalue weighted by atomic mass is 32.2. The first kappa shape index (κ1) is 18.4. The minimum absolute atomic E-state index is 0.0235. The van der Waals surface area contributed by atoms with Crippen molar-refractivity contribution in [2.24, 2.45) is 5.10 Å². The van der Waals surface area contributed by atoms with E-state index in [1.54, 1.807) is 18.2 Å². The van der Waals surface area contributed by atoms with Crippen LogP contribution in [0.25, 0.3) is 0 Å². The zero-order chi connectivity index (χ0) is 18.4. The number of aromatic hydroxyl groups is 1. The lowest BCUT2D eigenvalue weighted by atomic mass is 10.2. The van der Waals surface area contributed by atoms with Crippen molar-refractivity contribution < 1.29 is 22.7 Å². The van der Waals surface area contributed by atoms with E-state index in [9.17, 15) is 22.7 Å². The number of nitrogens with zero attached hydrogens (tertiary/aromatic N) is 2. The highest BCUT2D eigenvalue weighted by Crippen LogP contribution is 2.20. The van der Waals surface area contributed by atoms with Gasteiger partial charge in [-0.05, 0) is 24.3 Å². The van der Waals surface area contributed by atoms with Gasteiger partial charge in [-0.3, -0.25) is 9.10 Å². The molecule has 0 saturated carbocycles. The molecule has 0 aliphatic rings. The number of phenolic OH excluding ortho intramolecular Hbond substituents is 1. The standard InChI is InChI=1S/C16H16FN3O4S/c1-25(23,24)20(14-8-4-3-7-13(14)17)11-16(22)19-18-10-12-6-2-5-9-15(12)21/h2-10,21H,11H2,1H3,(H,19,22)/b18-10-. The average molecular weight is 365 g/mol. The number of benzene rings is 2. The Morgan fingerprint density at radius 2 is 1.88 bits per heavy atom. The molecule has 2 aromatic rings. The van der Waals surface area contributed by atoms with Crippen LogP contribution in [-0.4, -0.2) is 38.4 Å². The van der Waals surface area contributed by atoms with E-state index in [0.29, 0.717) is 9.87 Å². The summed E-state index contributed by atoms with van der Waals surface area (Å²) in [6, 6.07) is 11.6. The molecule has 0 unspecified atom stereocenters. The molecule has 0 atom stereocenters. The maximum Gasteiger partial charge on any atom is 0.260 e. The molecule has 0 radical (unpaired) electrons. The van der Waals surface area contributed by atoms with Crippen LogP contribution in [0.15, 0.2) is 53.6 Å². The van der Waals surface area contributed by atoms with Crippen LogP contribution in [0.1, 0.15) is 5.56 Å². The van der Waals surface area contributed by atoms with Crippen molar-refractivity contribution in [1.29, 1.82) is 0 Å². The monoisotopic (exact) mass is 365 g/mol. The van der Waals surface area contributed by atoms with Crippen LogP contribution >= 0.6 is 0 Å². The smallest absolute Gasteiger partial charge is 0.260 e. The second-order valence-corrected chi connectivity index (χ2v) is 6.98. The quantitative estimate of drug-likeness (QED) is 0.598. The van der Waals surface area contributed by atoms with Crippen molar-refractivity contribution in [1.82, 2.24) is 5.43 Å². The van der Waals surface area contributed by atoms with E-state index < -0.39 is 28.3 Å². The molecule has 0 aliphatic carbocycles. The van der Waals surface area contributed by atoms with Gasteiger partial charge in [-0.2, -0.15) is 5.10 Å². The number of hydrazone groups is 1. The molecule has 9 heteroatoms. The van der Waals surface area contributed by atoms with E-state index in [4.69, 9.17) is 0 Å². The molecule has 2 N–H and O–H groups in total. The summed E-state index contributed by atoms with van der Waals surface area (Å²) in [4.78, 5) is 11.9. The summed E-state index contributed by atoms with van der Waals surface area (Å²) in [5, 5.41) is 13.2. The predicted octanol–water partition coefficient (Wildman–Crippen LogP) is 1.45. The van der Waals surface area contributed by atoms with Gasteiger partial charge in [0, 0.05) is 5.56 Å². The van der Waals surface area contributed by atoms with Gasteiger partial charge in [0.2, 0.25) is 10.0 Å².